The number of pyridine rings is 1. The molecule has 1 amide bonds. The van der Waals surface area contributed by atoms with E-state index in [2.05, 4.69) is 10.3 Å². The van der Waals surface area contributed by atoms with Gasteiger partial charge in [-0.05, 0) is 55.0 Å². The number of hydrogen-bond donors (Lipinski definition) is 1. The predicted octanol–water partition coefficient (Wildman–Crippen LogP) is 2.43. The van der Waals surface area contributed by atoms with E-state index in [0.29, 0.717) is 23.7 Å². The minimum absolute atomic E-state index is 0.0483. The topological polar surface area (TPSA) is 79.4 Å². The molecule has 2 aliphatic rings. The van der Waals surface area contributed by atoms with Gasteiger partial charge in [-0.2, -0.15) is 4.31 Å². The average molecular weight is 371 g/mol. The molecule has 1 saturated heterocycles. The molecule has 0 bridgehead atoms. The molecule has 1 aliphatic carbocycles. The third kappa shape index (κ3) is 3.01. The SMILES string of the molecule is Cc1cccc(S(=O)(=O)N2CC[C@@]3(C[C@@H]3C(=O)Nc3cccnc3)C2)c1. The number of nitrogens with one attached hydrogen (secondary N) is 1. The smallest absolute Gasteiger partial charge is 0.243 e. The molecule has 1 aliphatic heterocycles. The summed E-state index contributed by atoms with van der Waals surface area (Å²) in [4.78, 5) is 16.8. The molecule has 1 aromatic heterocycles. The monoisotopic (exact) mass is 371 g/mol. The zero-order chi connectivity index (χ0) is 18.4. The Kier molecular flexibility index (Phi) is 4.08. The standard InChI is InChI=1S/C19H21N3O3S/c1-14-4-2-6-16(10-14)26(24,25)22-9-7-19(13-22)11-17(19)18(23)21-15-5-3-8-20-12-15/h2-6,8,10,12,17H,7,9,11,13H2,1H3,(H,21,23)/t17-,19-/m1/s1. The van der Waals surface area contributed by atoms with Crippen LogP contribution < -0.4 is 5.32 Å². The van der Waals surface area contributed by atoms with E-state index in [-0.39, 0.29) is 17.2 Å². The minimum Gasteiger partial charge on any atom is -0.324 e. The van der Waals surface area contributed by atoms with E-state index >= 15 is 0 Å². The van der Waals surface area contributed by atoms with E-state index in [4.69, 9.17) is 0 Å². The summed E-state index contributed by atoms with van der Waals surface area (Å²) in [6, 6.07) is 10.5. The van der Waals surface area contributed by atoms with Crippen LogP contribution in [0, 0.1) is 18.3 Å². The summed E-state index contributed by atoms with van der Waals surface area (Å²) in [6.07, 6.45) is 4.72. The van der Waals surface area contributed by atoms with Crippen molar-refractivity contribution >= 4 is 21.6 Å². The van der Waals surface area contributed by atoms with Crippen LogP contribution in [0.4, 0.5) is 5.69 Å². The first-order chi connectivity index (χ1) is 12.4. The van der Waals surface area contributed by atoms with E-state index in [1.807, 2.05) is 13.0 Å². The molecule has 0 radical (unpaired) electrons. The van der Waals surface area contributed by atoms with Gasteiger partial charge in [0.1, 0.15) is 0 Å². The molecule has 136 valence electrons. The summed E-state index contributed by atoms with van der Waals surface area (Å²) in [6.45, 7) is 2.76. The molecular weight excluding hydrogens is 350 g/mol. The highest BCUT2D eigenvalue weighted by Gasteiger charge is 2.62. The Labute approximate surface area is 153 Å². The van der Waals surface area contributed by atoms with Crippen LogP contribution in [0.25, 0.3) is 0 Å². The molecule has 1 saturated carbocycles. The Morgan fingerprint density at radius 3 is 2.88 bits per heavy atom. The number of rotatable bonds is 4. The quantitative estimate of drug-likeness (QED) is 0.895. The van der Waals surface area contributed by atoms with Crippen molar-refractivity contribution in [2.24, 2.45) is 11.3 Å². The molecule has 4 rings (SSSR count). The van der Waals surface area contributed by atoms with Gasteiger partial charge in [-0.25, -0.2) is 8.42 Å². The van der Waals surface area contributed by atoms with Crippen molar-refractivity contribution in [1.29, 1.82) is 0 Å². The number of nitrogens with zero attached hydrogens (tertiary/aromatic N) is 2. The average Bonchev–Trinajstić information content (AvgIpc) is 3.15. The Balaban J connectivity index is 1.45. The van der Waals surface area contributed by atoms with E-state index in [9.17, 15) is 13.2 Å². The molecule has 1 aromatic carbocycles. The lowest BCUT2D eigenvalue weighted by molar-refractivity contribution is -0.118. The lowest BCUT2D eigenvalue weighted by atomic mass is 10.0. The third-order valence-corrected chi connectivity index (χ3v) is 7.25. The predicted molar refractivity (Wildman–Crippen MR) is 98.0 cm³/mol. The molecule has 7 heteroatoms. The molecule has 2 aromatic rings. The number of aryl methyl sites for hydroxylation is 1. The van der Waals surface area contributed by atoms with Crippen LogP contribution in [-0.4, -0.2) is 36.7 Å². The van der Waals surface area contributed by atoms with Crippen LogP contribution in [0.15, 0.2) is 53.7 Å². The molecule has 1 spiro atoms. The Morgan fingerprint density at radius 1 is 1.31 bits per heavy atom. The van der Waals surface area contributed by atoms with Gasteiger partial charge in [-0.1, -0.05) is 12.1 Å². The first-order valence-corrected chi connectivity index (χ1v) is 10.1. The zero-order valence-electron chi connectivity index (χ0n) is 14.6. The van der Waals surface area contributed by atoms with Crippen LogP contribution >= 0.6 is 0 Å². The van der Waals surface area contributed by atoms with Gasteiger partial charge in [0.05, 0.1) is 16.8 Å². The Hall–Kier alpha value is -2.25. The van der Waals surface area contributed by atoms with Gasteiger partial charge in [0.2, 0.25) is 15.9 Å². The van der Waals surface area contributed by atoms with Gasteiger partial charge >= 0.3 is 0 Å². The lowest BCUT2D eigenvalue weighted by Gasteiger charge is -2.17. The molecule has 2 heterocycles. The molecule has 0 unspecified atom stereocenters. The molecule has 1 N–H and O–H groups in total. The van der Waals surface area contributed by atoms with Crippen molar-refractivity contribution in [2.45, 2.75) is 24.7 Å². The fraction of sp³-hybridized carbons (Fsp3) is 0.368. The van der Waals surface area contributed by atoms with Crippen molar-refractivity contribution < 1.29 is 13.2 Å². The Bertz CT molecular complexity index is 946. The summed E-state index contributed by atoms with van der Waals surface area (Å²) in [7, 11) is -3.51. The second-order valence-electron chi connectivity index (χ2n) is 7.26. The van der Waals surface area contributed by atoms with Crippen LogP contribution in [0.2, 0.25) is 0 Å². The van der Waals surface area contributed by atoms with Crippen molar-refractivity contribution in [3.8, 4) is 0 Å². The molecular formula is C19H21N3O3S. The van der Waals surface area contributed by atoms with Gasteiger partial charge in [-0.15, -0.1) is 0 Å². The van der Waals surface area contributed by atoms with Gasteiger partial charge in [0, 0.05) is 25.2 Å². The number of aromatic nitrogens is 1. The fourth-order valence-electron chi connectivity index (χ4n) is 3.82. The van der Waals surface area contributed by atoms with E-state index in [1.54, 1.807) is 42.7 Å². The number of amides is 1. The second kappa shape index (κ2) is 6.17. The number of sulfonamides is 1. The molecule has 2 fully saturated rings. The maximum atomic E-state index is 12.9. The summed E-state index contributed by atoms with van der Waals surface area (Å²) in [5, 5.41) is 2.88. The van der Waals surface area contributed by atoms with Crippen LogP contribution in [0.1, 0.15) is 18.4 Å². The van der Waals surface area contributed by atoms with Crippen molar-refractivity contribution in [3.63, 3.8) is 0 Å². The van der Waals surface area contributed by atoms with Gasteiger partial charge in [0.25, 0.3) is 0 Å². The number of carbonyl (C=O) groups is 1. The summed E-state index contributed by atoms with van der Waals surface area (Å²) in [5.41, 5.74) is 1.37. The summed E-state index contributed by atoms with van der Waals surface area (Å²) in [5.74, 6) is -0.187. The number of anilines is 1. The highest BCUT2D eigenvalue weighted by molar-refractivity contribution is 7.89. The number of carbonyl (C=O) groups excluding carboxylic acids is 1. The first-order valence-electron chi connectivity index (χ1n) is 8.68. The normalized spacial score (nSPS) is 25.3. The summed E-state index contributed by atoms with van der Waals surface area (Å²) >= 11 is 0. The third-order valence-electron chi connectivity index (χ3n) is 5.41. The van der Waals surface area contributed by atoms with Crippen molar-refractivity contribution in [1.82, 2.24) is 9.29 Å². The van der Waals surface area contributed by atoms with Crippen molar-refractivity contribution in [3.05, 3.63) is 54.4 Å². The van der Waals surface area contributed by atoms with Gasteiger partial charge in [0.15, 0.2) is 0 Å². The van der Waals surface area contributed by atoms with Crippen LogP contribution in [0.3, 0.4) is 0 Å². The van der Waals surface area contributed by atoms with Gasteiger partial charge in [-0.3, -0.25) is 9.78 Å². The minimum atomic E-state index is -3.51. The number of hydrogen-bond acceptors (Lipinski definition) is 4. The highest BCUT2D eigenvalue weighted by atomic mass is 32.2. The number of benzene rings is 1. The fourth-order valence-corrected chi connectivity index (χ4v) is 5.46. The second-order valence-corrected chi connectivity index (χ2v) is 9.19. The largest absolute Gasteiger partial charge is 0.324 e. The molecule has 2 atom stereocenters. The van der Waals surface area contributed by atoms with Gasteiger partial charge < -0.3 is 5.32 Å². The van der Waals surface area contributed by atoms with E-state index < -0.39 is 10.0 Å². The lowest BCUT2D eigenvalue weighted by Crippen LogP contribution is -2.30. The molecule has 26 heavy (non-hydrogen) atoms. The first kappa shape index (κ1) is 17.2. The Morgan fingerprint density at radius 2 is 2.15 bits per heavy atom. The maximum Gasteiger partial charge on any atom is 0.243 e. The summed E-state index contributed by atoms with van der Waals surface area (Å²) < 4.78 is 27.3. The van der Waals surface area contributed by atoms with Crippen molar-refractivity contribution in [2.75, 3.05) is 18.4 Å². The van der Waals surface area contributed by atoms with E-state index in [1.165, 1.54) is 4.31 Å². The van der Waals surface area contributed by atoms with Crippen LogP contribution in [-0.2, 0) is 14.8 Å². The van der Waals surface area contributed by atoms with E-state index in [0.717, 1.165) is 18.4 Å². The molecule has 6 nitrogen and oxygen atoms in total. The zero-order valence-corrected chi connectivity index (χ0v) is 15.4. The maximum absolute atomic E-state index is 12.9. The van der Waals surface area contributed by atoms with Crippen LogP contribution in [0.5, 0.6) is 0 Å². The highest BCUT2D eigenvalue weighted by Crippen LogP contribution is 2.59.